The standard InChI is InChI=1S/C18H23N3O2/c1-4-13(3)20-17-11-6-14(12-19-17)18(22)21-15-7-9-16(10-8-15)23-5-2/h6-13H,4-5H2,1-3H3,(H,19,20)(H,21,22). The summed E-state index contributed by atoms with van der Waals surface area (Å²) in [6, 6.07) is 11.2. The van der Waals surface area contributed by atoms with Crippen LogP contribution in [0.15, 0.2) is 42.6 Å². The highest BCUT2D eigenvalue weighted by atomic mass is 16.5. The molecule has 2 rings (SSSR count). The minimum absolute atomic E-state index is 0.184. The second-order valence-corrected chi connectivity index (χ2v) is 5.30. The van der Waals surface area contributed by atoms with Crippen LogP contribution in [0.25, 0.3) is 0 Å². The lowest BCUT2D eigenvalue weighted by Crippen LogP contribution is -2.15. The second-order valence-electron chi connectivity index (χ2n) is 5.30. The molecule has 1 amide bonds. The summed E-state index contributed by atoms with van der Waals surface area (Å²) in [5, 5.41) is 6.11. The molecule has 0 fully saturated rings. The van der Waals surface area contributed by atoms with Crippen LogP contribution in [-0.4, -0.2) is 23.5 Å². The number of ether oxygens (including phenoxy) is 1. The number of nitrogens with zero attached hydrogens (tertiary/aromatic N) is 1. The van der Waals surface area contributed by atoms with Gasteiger partial charge in [0.2, 0.25) is 0 Å². The molecule has 1 unspecified atom stereocenters. The van der Waals surface area contributed by atoms with Crippen molar-refractivity contribution in [3.05, 3.63) is 48.2 Å². The van der Waals surface area contributed by atoms with Crippen LogP contribution in [0.1, 0.15) is 37.6 Å². The molecule has 0 spiro atoms. The van der Waals surface area contributed by atoms with Crippen molar-refractivity contribution in [3.8, 4) is 5.75 Å². The molecule has 122 valence electrons. The molecular weight excluding hydrogens is 290 g/mol. The highest BCUT2D eigenvalue weighted by Crippen LogP contribution is 2.16. The van der Waals surface area contributed by atoms with E-state index in [0.717, 1.165) is 23.7 Å². The van der Waals surface area contributed by atoms with Gasteiger partial charge >= 0.3 is 0 Å². The number of pyridine rings is 1. The molecule has 5 heteroatoms. The van der Waals surface area contributed by atoms with E-state index in [2.05, 4.69) is 29.5 Å². The number of amides is 1. The van der Waals surface area contributed by atoms with Gasteiger partial charge in [-0.05, 0) is 56.7 Å². The third kappa shape index (κ3) is 4.98. The Labute approximate surface area is 137 Å². The molecule has 1 aromatic heterocycles. The smallest absolute Gasteiger partial charge is 0.257 e. The average molecular weight is 313 g/mol. The van der Waals surface area contributed by atoms with Crippen LogP contribution < -0.4 is 15.4 Å². The first-order chi connectivity index (χ1) is 11.1. The lowest BCUT2D eigenvalue weighted by molar-refractivity contribution is 0.102. The molecule has 23 heavy (non-hydrogen) atoms. The van der Waals surface area contributed by atoms with Gasteiger partial charge in [-0.15, -0.1) is 0 Å². The van der Waals surface area contributed by atoms with Crippen molar-refractivity contribution in [3.63, 3.8) is 0 Å². The first-order valence-electron chi connectivity index (χ1n) is 7.89. The molecule has 0 radical (unpaired) electrons. The molecular formula is C18H23N3O2. The summed E-state index contributed by atoms with van der Waals surface area (Å²) in [7, 11) is 0. The van der Waals surface area contributed by atoms with Crippen LogP contribution in [0.2, 0.25) is 0 Å². The Morgan fingerprint density at radius 3 is 2.48 bits per heavy atom. The molecule has 0 aliphatic heterocycles. The number of rotatable bonds is 7. The van der Waals surface area contributed by atoms with E-state index in [1.54, 1.807) is 12.3 Å². The number of carbonyl (C=O) groups excluding carboxylic acids is 1. The molecule has 2 aromatic rings. The van der Waals surface area contributed by atoms with E-state index in [0.29, 0.717) is 18.2 Å². The summed E-state index contributed by atoms with van der Waals surface area (Å²) in [5.41, 5.74) is 1.24. The van der Waals surface area contributed by atoms with E-state index in [1.807, 2.05) is 37.3 Å². The number of nitrogens with one attached hydrogen (secondary N) is 2. The van der Waals surface area contributed by atoms with Crippen LogP contribution in [0.4, 0.5) is 11.5 Å². The Kier molecular flexibility index (Phi) is 5.97. The Balaban J connectivity index is 1.97. The number of anilines is 2. The Hall–Kier alpha value is -2.56. The van der Waals surface area contributed by atoms with Gasteiger partial charge in [0.25, 0.3) is 5.91 Å². The van der Waals surface area contributed by atoms with Gasteiger partial charge in [-0.2, -0.15) is 0 Å². The highest BCUT2D eigenvalue weighted by Gasteiger charge is 2.08. The van der Waals surface area contributed by atoms with Gasteiger partial charge in [-0.3, -0.25) is 4.79 Å². The molecule has 2 N–H and O–H groups in total. The van der Waals surface area contributed by atoms with Crippen LogP contribution >= 0.6 is 0 Å². The summed E-state index contributed by atoms with van der Waals surface area (Å²) in [6.45, 7) is 6.75. The minimum Gasteiger partial charge on any atom is -0.494 e. The van der Waals surface area contributed by atoms with Crippen molar-refractivity contribution in [2.24, 2.45) is 0 Å². The number of hydrogen-bond acceptors (Lipinski definition) is 4. The maximum atomic E-state index is 12.2. The van der Waals surface area contributed by atoms with Crippen molar-refractivity contribution < 1.29 is 9.53 Å². The number of benzene rings is 1. The number of carbonyl (C=O) groups is 1. The molecule has 5 nitrogen and oxygen atoms in total. The minimum atomic E-state index is -0.184. The molecule has 1 heterocycles. The van der Waals surface area contributed by atoms with Gasteiger partial charge in [0, 0.05) is 17.9 Å². The highest BCUT2D eigenvalue weighted by molar-refractivity contribution is 6.04. The van der Waals surface area contributed by atoms with Crippen LogP contribution in [0.5, 0.6) is 5.75 Å². The predicted molar refractivity (Wildman–Crippen MR) is 93.2 cm³/mol. The van der Waals surface area contributed by atoms with E-state index in [4.69, 9.17) is 4.74 Å². The van der Waals surface area contributed by atoms with Crippen molar-refractivity contribution in [1.82, 2.24) is 4.98 Å². The fraction of sp³-hybridized carbons (Fsp3) is 0.333. The Bertz CT molecular complexity index is 624. The summed E-state index contributed by atoms with van der Waals surface area (Å²) < 4.78 is 5.37. The normalized spacial score (nSPS) is 11.6. The number of hydrogen-bond donors (Lipinski definition) is 2. The van der Waals surface area contributed by atoms with Gasteiger partial charge in [0.1, 0.15) is 11.6 Å². The molecule has 1 atom stereocenters. The zero-order chi connectivity index (χ0) is 16.7. The molecule has 0 saturated carbocycles. The molecule has 0 aliphatic rings. The molecule has 1 aromatic carbocycles. The van der Waals surface area contributed by atoms with E-state index >= 15 is 0 Å². The predicted octanol–water partition coefficient (Wildman–Crippen LogP) is 3.94. The SMILES string of the molecule is CCOc1ccc(NC(=O)c2ccc(NC(C)CC)nc2)cc1. The maximum Gasteiger partial charge on any atom is 0.257 e. The van der Waals surface area contributed by atoms with E-state index in [1.165, 1.54) is 0 Å². The van der Waals surface area contributed by atoms with E-state index in [9.17, 15) is 4.79 Å². The fourth-order valence-electron chi connectivity index (χ4n) is 1.97. The van der Waals surface area contributed by atoms with Gasteiger partial charge in [0.15, 0.2) is 0 Å². The van der Waals surface area contributed by atoms with Crippen molar-refractivity contribution in [2.75, 3.05) is 17.2 Å². The Morgan fingerprint density at radius 2 is 1.91 bits per heavy atom. The van der Waals surface area contributed by atoms with Gasteiger partial charge in [-0.1, -0.05) is 6.92 Å². The summed E-state index contributed by atoms with van der Waals surface area (Å²) in [4.78, 5) is 16.5. The average Bonchev–Trinajstić information content (AvgIpc) is 2.57. The second kappa shape index (κ2) is 8.17. The topological polar surface area (TPSA) is 63.2 Å². The Morgan fingerprint density at radius 1 is 1.17 bits per heavy atom. The third-order valence-corrected chi connectivity index (χ3v) is 3.46. The molecule has 0 bridgehead atoms. The van der Waals surface area contributed by atoms with Gasteiger partial charge < -0.3 is 15.4 Å². The largest absolute Gasteiger partial charge is 0.494 e. The lowest BCUT2D eigenvalue weighted by Gasteiger charge is -2.12. The maximum absolute atomic E-state index is 12.2. The summed E-state index contributed by atoms with van der Waals surface area (Å²) in [5.74, 6) is 1.38. The fourth-order valence-corrected chi connectivity index (χ4v) is 1.97. The molecule has 0 saturated heterocycles. The van der Waals surface area contributed by atoms with Gasteiger partial charge in [-0.25, -0.2) is 4.98 Å². The van der Waals surface area contributed by atoms with Crippen LogP contribution in [0, 0.1) is 0 Å². The summed E-state index contributed by atoms with van der Waals surface area (Å²) in [6.07, 6.45) is 2.59. The van der Waals surface area contributed by atoms with E-state index in [-0.39, 0.29) is 5.91 Å². The van der Waals surface area contributed by atoms with E-state index < -0.39 is 0 Å². The third-order valence-electron chi connectivity index (χ3n) is 3.46. The van der Waals surface area contributed by atoms with Crippen molar-refractivity contribution in [2.45, 2.75) is 33.2 Å². The monoisotopic (exact) mass is 313 g/mol. The lowest BCUT2D eigenvalue weighted by atomic mass is 10.2. The first kappa shape index (κ1) is 16.8. The zero-order valence-corrected chi connectivity index (χ0v) is 13.8. The van der Waals surface area contributed by atoms with Crippen LogP contribution in [0.3, 0.4) is 0 Å². The van der Waals surface area contributed by atoms with Gasteiger partial charge in [0.05, 0.1) is 12.2 Å². The first-order valence-corrected chi connectivity index (χ1v) is 7.89. The van der Waals surface area contributed by atoms with Crippen molar-refractivity contribution >= 4 is 17.4 Å². The van der Waals surface area contributed by atoms with Crippen LogP contribution in [-0.2, 0) is 0 Å². The quantitative estimate of drug-likeness (QED) is 0.812. The molecule has 0 aliphatic carbocycles. The summed E-state index contributed by atoms with van der Waals surface area (Å²) >= 11 is 0. The van der Waals surface area contributed by atoms with Crippen molar-refractivity contribution in [1.29, 1.82) is 0 Å². The zero-order valence-electron chi connectivity index (χ0n) is 13.8. The number of aromatic nitrogens is 1.